The maximum atomic E-state index is 6.10. The summed E-state index contributed by atoms with van der Waals surface area (Å²) in [7, 11) is 5.98. The van der Waals surface area contributed by atoms with E-state index in [9.17, 15) is 0 Å². The normalized spacial score (nSPS) is 12.0. The third-order valence-corrected chi connectivity index (χ3v) is 19.1. The molecule has 2 aliphatic rings. The number of imidazole rings is 5. The van der Waals surface area contributed by atoms with Crippen molar-refractivity contribution in [1.29, 1.82) is 0 Å². The molecular formula is C95H72N16O4Pt4-6. The molecule has 0 atom stereocenters. The number of hydrogen-bond donors (Lipinski definition) is 0. The van der Waals surface area contributed by atoms with Crippen molar-refractivity contribution in [3.63, 3.8) is 0 Å². The molecule has 0 N–H and O–H groups in total. The van der Waals surface area contributed by atoms with Crippen LogP contribution in [0.3, 0.4) is 0 Å². The van der Waals surface area contributed by atoms with Crippen molar-refractivity contribution in [2.24, 2.45) is 7.05 Å². The van der Waals surface area contributed by atoms with Crippen molar-refractivity contribution >= 4 is 33.4 Å². The third-order valence-electron chi connectivity index (χ3n) is 19.1. The molecule has 20 rings (SSSR count). The van der Waals surface area contributed by atoms with Gasteiger partial charge in [-0.25, -0.2) is 0 Å². The number of aromatic nitrogens is 12. The summed E-state index contributed by atoms with van der Waals surface area (Å²) in [4.78, 5) is 30.7. The molecule has 0 amide bonds. The van der Waals surface area contributed by atoms with Crippen LogP contribution in [0.4, 0.5) is 11.4 Å². The van der Waals surface area contributed by atoms with E-state index in [2.05, 4.69) is 109 Å². The molecule has 0 saturated carbocycles. The Morgan fingerprint density at radius 1 is 0.336 bits per heavy atom. The molecule has 24 heteroatoms. The van der Waals surface area contributed by atoms with Gasteiger partial charge in [0.05, 0.1) is 36.8 Å². The maximum absolute atomic E-state index is 6.10. The van der Waals surface area contributed by atoms with Gasteiger partial charge in [0.15, 0.2) is 0 Å². The van der Waals surface area contributed by atoms with Gasteiger partial charge in [-0.3, -0.25) is 29.6 Å². The number of aryl methyl sites for hydroxylation is 3. The van der Waals surface area contributed by atoms with Crippen LogP contribution in [0.25, 0.3) is 84.2 Å². The molecule has 8 aromatic carbocycles. The Balaban J connectivity index is 0.000000136. The van der Waals surface area contributed by atoms with Crippen molar-refractivity contribution in [2.75, 3.05) is 23.9 Å². The fourth-order valence-electron chi connectivity index (χ4n) is 13.3. The Morgan fingerprint density at radius 3 is 1.04 bits per heavy atom. The molecule has 0 bridgehead atoms. The van der Waals surface area contributed by atoms with Gasteiger partial charge in [0.25, 0.3) is 0 Å². The summed E-state index contributed by atoms with van der Waals surface area (Å²) in [5.41, 5.74) is 19.1. The Labute approximate surface area is 747 Å². The molecule has 119 heavy (non-hydrogen) atoms. The van der Waals surface area contributed by atoms with E-state index in [0.29, 0.717) is 46.0 Å². The second kappa shape index (κ2) is 38.3. The zero-order valence-electron chi connectivity index (χ0n) is 65.0. The maximum Gasteiger partial charge on any atom is 2.00 e. The number of anilines is 2. The van der Waals surface area contributed by atoms with Crippen LogP contribution in [-0.2, 0) is 91.3 Å². The van der Waals surface area contributed by atoms with Crippen LogP contribution in [0, 0.1) is 75.7 Å². The summed E-state index contributed by atoms with van der Waals surface area (Å²) in [6, 6.07) is 99.2. The molecule has 0 saturated heterocycles. The fraction of sp³-hybridized carbons (Fsp3) is 0.0737. The molecule has 0 fully saturated rings. The van der Waals surface area contributed by atoms with Gasteiger partial charge in [-0.1, -0.05) is 54.6 Å². The molecule has 10 aromatic heterocycles. The Morgan fingerprint density at radius 2 is 0.689 bits per heavy atom. The molecule has 2 aliphatic heterocycles. The van der Waals surface area contributed by atoms with Crippen LogP contribution in [-0.4, -0.2) is 80.8 Å². The van der Waals surface area contributed by atoms with E-state index < -0.39 is 0 Å². The van der Waals surface area contributed by atoms with Gasteiger partial charge in [-0.05, 0) is 120 Å². The smallest absolute Gasteiger partial charge is 0.510 e. The molecule has 0 unspecified atom stereocenters. The molecule has 0 aliphatic carbocycles. The average Bonchev–Trinajstić information content (AvgIpc) is 1.57. The van der Waals surface area contributed by atoms with Gasteiger partial charge in [0, 0.05) is 189 Å². The Bertz CT molecular complexity index is 6600. The average molecular weight is 2280 g/mol. The van der Waals surface area contributed by atoms with E-state index in [1.807, 2.05) is 352 Å². The van der Waals surface area contributed by atoms with Gasteiger partial charge in [0.1, 0.15) is 0 Å². The number of ether oxygens (including phenoxy) is 4. The third kappa shape index (κ3) is 19.2. The van der Waals surface area contributed by atoms with Crippen molar-refractivity contribution < 1.29 is 103 Å². The molecule has 12 heterocycles. The molecule has 18 aromatic rings. The summed E-state index contributed by atoms with van der Waals surface area (Å²) in [5.74, 6) is 5.82. The Hall–Kier alpha value is -12.4. The van der Waals surface area contributed by atoms with Crippen molar-refractivity contribution in [2.45, 2.75) is 27.7 Å². The first-order valence-corrected chi connectivity index (χ1v) is 37.0. The second-order valence-corrected chi connectivity index (χ2v) is 27.1. The fourth-order valence-corrected chi connectivity index (χ4v) is 13.3. The first-order valence-electron chi connectivity index (χ1n) is 37.0. The molecule has 602 valence electrons. The number of nitrogens with zero attached hydrogens (tertiary/aromatic N) is 16. The molecular weight excluding hydrogens is 2210 g/mol. The topological polar surface area (TPSA) is 155 Å². The summed E-state index contributed by atoms with van der Waals surface area (Å²) in [5, 5.41) is 4.52. The SMILES string of the molecule is CC1=C(C)N(c2[c-]c(Oc3[c-]c(-c4ncn5ccccc45)ccc3)ccc2)[CH-]N1C.CN1C=CN(c2[c-]c(Oc3[c-]c(-c4ncn5ccccc45)ccc3)ccc2)[CH-]1.Cc1cc(C)n(-c2[c-]c(Oc3[c-]c(-c4ncn5ccccc45)ccc3)ccc2)n1.Cn1ccnc1-c1[c-]c(Oc2[c-]c(-c3ncn4ccccc34)ccc2)ccc1.[Pt+2].[Pt+2].[Pt].[Pt]. The van der Waals surface area contributed by atoms with E-state index in [-0.39, 0.29) is 84.3 Å². The summed E-state index contributed by atoms with van der Waals surface area (Å²) in [6.45, 7) is 12.2. The van der Waals surface area contributed by atoms with Crippen LogP contribution in [0.1, 0.15) is 25.2 Å². The van der Waals surface area contributed by atoms with Crippen molar-refractivity contribution in [1.82, 2.24) is 66.7 Å². The van der Waals surface area contributed by atoms with Gasteiger partial charge in [0.2, 0.25) is 0 Å². The summed E-state index contributed by atoms with van der Waals surface area (Å²) in [6.07, 6.45) is 22.8. The van der Waals surface area contributed by atoms with E-state index in [1.54, 1.807) is 25.2 Å². The minimum Gasteiger partial charge on any atom is -0.510 e. The quantitative estimate of drug-likeness (QED) is 0.0843. The van der Waals surface area contributed by atoms with E-state index >= 15 is 0 Å². The summed E-state index contributed by atoms with van der Waals surface area (Å²) >= 11 is 0. The zero-order chi connectivity index (χ0) is 78.3. The number of allylic oxidation sites excluding steroid dienone is 2. The number of benzene rings is 8. The number of rotatable bonds is 16. The zero-order valence-corrected chi connectivity index (χ0v) is 74.1. The largest absolute Gasteiger partial charge is 2.00 e. The van der Waals surface area contributed by atoms with E-state index in [0.717, 1.165) is 107 Å². The van der Waals surface area contributed by atoms with Gasteiger partial charge < -0.3 is 60.7 Å². The van der Waals surface area contributed by atoms with E-state index in [4.69, 9.17) is 18.9 Å². The second-order valence-electron chi connectivity index (χ2n) is 27.1. The first kappa shape index (κ1) is 84.5. The van der Waals surface area contributed by atoms with Crippen LogP contribution in [0.5, 0.6) is 46.0 Å². The van der Waals surface area contributed by atoms with E-state index in [1.165, 1.54) is 11.4 Å². The van der Waals surface area contributed by atoms with Gasteiger partial charge >= 0.3 is 42.1 Å². The van der Waals surface area contributed by atoms with Gasteiger partial charge in [-0.15, -0.1) is 185 Å². The molecule has 0 spiro atoms. The van der Waals surface area contributed by atoms with Crippen LogP contribution >= 0.6 is 0 Å². The number of hydrogen-bond acceptors (Lipinski definition) is 14. The molecule has 20 nitrogen and oxygen atoms in total. The van der Waals surface area contributed by atoms with Crippen molar-refractivity contribution in [3.8, 4) is 108 Å². The van der Waals surface area contributed by atoms with Crippen molar-refractivity contribution in [3.05, 3.63) is 384 Å². The van der Waals surface area contributed by atoms with Crippen LogP contribution in [0.2, 0.25) is 0 Å². The Kier molecular flexibility index (Phi) is 27.2. The minimum absolute atomic E-state index is 0. The predicted molar refractivity (Wildman–Crippen MR) is 445 cm³/mol. The summed E-state index contributed by atoms with van der Waals surface area (Å²) < 4.78 is 36.0. The molecule has 0 radical (unpaired) electrons. The predicted octanol–water partition coefficient (Wildman–Crippen LogP) is 20.2. The minimum atomic E-state index is 0. The number of pyridine rings is 4. The van der Waals surface area contributed by atoms with Gasteiger partial charge in [-0.2, -0.15) is 36.6 Å². The number of fused-ring (bicyclic) bond motifs is 4. The monoisotopic (exact) mass is 2280 g/mol. The van der Waals surface area contributed by atoms with Crippen LogP contribution in [0.15, 0.2) is 311 Å². The van der Waals surface area contributed by atoms with Crippen LogP contribution < -0.4 is 28.7 Å². The standard InChI is InChI=1S/C25H21N4O.C24H18N4O.C23H16N4O.C23H17N4O.4Pt/c1-18-19(2)29(17-27(18)3)21-9-7-11-23(15-21)30-22-10-6-8-20(14-22)25-24-12-4-5-13-28(24)16-26-25;1-17-13-18(2)28(26-17)20-8-6-10-22(15-20)29-21-9-5-7-19(14-21)24-23-11-3-4-12-27(23)16-25-24;1-26-13-11-24-23(26)18-7-5-9-20(15-18)28-19-8-4-6-17(14-19)22-21-10-2-3-12-27(21)16-25-22;1-25-12-13-27(17-25)19-7-5-9-21(15-19)28-20-8-4-6-18(14-20)23-22-10-2-3-11-26(22)16-24-23;;;;/h4-13,16-17H,1-3H3;3-13,16H,1-2H3;2-13,16H,1H3;2-13,16-17H,1H3;;;;/q-3;2*-2;-3;;;2*+2. The first-order chi connectivity index (χ1) is 56.3.